The number of halogens is 3. The maximum atomic E-state index is 12.7. The Kier molecular flexibility index (Phi) is 9.37. The van der Waals surface area contributed by atoms with E-state index in [0.29, 0.717) is 22.9 Å². The van der Waals surface area contributed by atoms with Crippen LogP contribution in [0.4, 0.5) is 18.0 Å². The Morgan fingerprint density at radius 1 is 0.972 bits per heavy atom. The minimum Gasteiger partial charge on any atom is -0.446 e. The third kappa shape index (κ3) is 8.02. The summed E-state index contributed by atoms with van der Waals surface area (Å²) in [6.07, 6.45) is -3.73. The number of nitrogens with one attached hydrogen (secondary N) is 2. The zero-order valence-corrected chi connectivity index (χ0v) is 20.5. The molecule has 0 aliphatic rings. The summed E-state index contributed by atoms with van der Waals surface area (Å²) in [7, 11) is 0. The first kappa shape index (κ1) is 27.1. The number of aromatic nitrogens is 2. The van der Waals surface area contributed by atoms with Gasteiger partial charge in [0.15, 0.2) is 0 Å². The van der Waals surface area contributed by atoms with E-state index in [0.717, 1.165) is 47.7 Å². The highest BCUT2D eigenvalue weighted by molar-refractivity contribution is 7.17. The van der Waals surface area contributed by atoms with Gasteiger partial charge in [-0.2, -0.15) is 13.2 Å². The number of thiazole rings is 1. The molecular formula is C24H25F3N4O4S. The number of alkyl halides is 3. The number of nitrogens with zero attached hydrogens (tertiary/aromatic N) is 2. The van der Waals surface area contributed by atoms with Gasteiger partial charge in [-0.05, 0) is 51.0 Å². The second kappa shape index (κ2) is 12.5. The highest BCUT2D eigenvalue weighted by atomic mass is 32.1. The molecule has 3 rings (SSSR count). The molecule has 0 spiro atoms. The van der Waals surface area contributed by atoms with Crippen LogP contribution in [0.1, 0.15) is 38.7 Å². The summed E-state index contributed by atoms with van der Waals surface area (Å²) < 4.78 is 48.6. The number of hydrogen-bond donors (Lipinski definition) is 2. The number of hydrazine groups is 1. The number of benzene rings is 1. The first-order valence-corrected chi connectivity index (χ1v) is 11.8. The van der Waals surface area contributed by atoms with Crippen LogP contribution in [-0.2, 0) is 22.1 Å². The van der Waals surface area contributed by atoms with Crippen LogP contribution in [0.2, 0.25) is 0 Å². The van der Waals surface area contributed by atoms with E-state index in [1.165, 1.54) is 12.1 Å². The van der Waals surface area contributed by atoms with Gasteiger partial charge in [0, 0.05) is 23.6 Å². The van der Waals surface area contributed by atoms with Gasteiger partial charge in [-0.15, -0.1) is 11.3 Å². The molecule has 0 bridgehead atoms. The lowest BCUT2D eigenvalue weighted by Crippen LogP contribution is -2.42. The van der Waals surface area contributed by atoms with Gasteiger partial charge in [0.1, 0.15) is 16.5 Å². The molecule has 2 aromatic heterocycles. The lowest BCUT2D eigenvalue weighted by molar-refractivity contribution is -0.137. The summed E-state index contributed by atoms with van der Waals surface area (Å²) in [4.78, 5) is 33.0. The number of aryl methyl sites for hydroxylation is 3. The molecule has 12 heteroatoms. The predicted octanol–water partition coefficient (Wildman–Crippen LogP) is 4.86. The predicted molar refractivity (Wildman–Crippen MR) is 127 cm³/mol. The number of ether oxygens (including phenoxy) is 2. The number of pyridine rings is 1. The maximum absolute atomic E-state index is 12.7. The van der Waals surface area contributed by atoms with Crippen LogP contribution in [-0.4, -0.2) is 41.8 Å². The van der Waals surface area contributed by atoms with Gasteiger partial charge in [-0.3, -0.25) is 15.2 Å². The Labute approximate surface area is 209 Å². The van der Waals surface area contributed by atoms with Gasteiger partial charge in [-0.1, -0.05) is 18.2 Å². The minimum absolute atomic E-state index is 0.00204. The van der Waals surface area contributed by atoms with Crippen LogP contribution < -0.4 is 10.9 Å². The van der Waals surface area contributed by atoms with Crippen molar-refractivity contribution in [1.29, 1.82) is 0 Å². The molecule has 0 fully saturated rings. The van der Waals surface area contributed by atoms with Gasteiger partial charge >= 0.3 is 12.3 Å². The largest absolute Gasteiger partial charge is 0.446 e. The van der Waals surface area contributed by atoms with Crippen molar-refractivity contribution in [2.24, 2.45) is 0 Å². The number of rotatable bonds is 9. The molecule has 0 aliphatic heterocycles. The standard InChI is InChI=1S/C24H25F3N4O4S/c1-15-5-3-6-19(28-15)7-4-12-34-13-14-35-23(33)31-30-21(32)20-16(2)29-22(36-20)17-8-10-18(11-9-17)24(25,26)27/h3,5-6,8-11H,4,7,12-14H2,1-2H3,(H,30,32)(H,31,33). The maximum Gasteiger partial charge on any atom is 0.426 e. The highest BCUT2D eigenvalue weighted by Crippen LogP contribution is 2.32. The number of carbonyl (C=O) groups excluding carboxylic acids is 2. The van der Waals surface area contributed by atoms with E-state index in [-0.39, 0.29) is 18.1 Å². The second-order valence-electron chi connectivity index (χ2n) is 7.71. The molecule has 0 unspecified atom stereocenters. The first-order chi connectivity index (χ1) is 17.1. The Hall–Kier alpha value is -3.51. The van der Waals surface area contributed by atoms with Crippen molar-refractivity contribution < 1.29 is 32.2 Å². The minimum atomic E-state index is -4.44. The third-order valence-electron chi connectivity index (χ3n) is 4.87. The van der Waals surface area contributed by atoms with Crippen molar-refractivity contribution in [1.82, 2.24) is 20.8 Å². The molecule has 0 atom stereocenters. The zero-order valence-electron chi connectivity index (χ0n) is 19.6. The molecule has 3 aromatic rings. The van der Waals surface area contributed by atoms with Gasteiger partial charge in [-0.25, -0.2) is 15.2 Å². The molecule has 36 heavy (non-hydrogen) atoms. The molecule has 0 saturated heterocycles. The molecule has 2 amide bonds. The van der Waals surface area contributed by atoms with E-state index in [4.69, 9.17) is 9.47 Å². The van der Waals surface area contributed by atoms with Crippen molar-refractivity contribution in [3.63, 3.8) is 0 Å². The number of amides is 2. The van der Waals surface area contributed by atoms with Crippen LogP contribution >= 0.6 is 11.3 Å². The van der Waals surface area contributed by atoms with E-state index in [1.54, 1.807) is 6.92 Å². The van der Waals surface area contributed by atoms with Crippen molar-refractivity contribution in [3.8, 4) is 10.6 Å². The first-order valence-electron chi connectivity index (χ1n) is 11.0. The quantitative estimate of drug-likeness (QED) is 0.307. The van der Waals surface area contributed by atoms with Gasteiger partial charge in [0.05, 0.1) is 17.9 Å². The van der Waals surface area contributed by atoms with Gasteiger partial charge in [0.2, 0.25) is 0 Å². The average Bonchev–Trinajstić information content (AvgIpc) is 3.23. The SMILES string of the molecule is Cc1cccc(CCCOCCOC(=O)NNC(=O)c2sc(-c3ccc(C(F)(F)F)cc3)nc2C)n1. The van der Waals surface area contributed by atoms with Crippen LogP contribution in [0.3, 0.4) is 0 Å². The van der Waals surface area contributed by atoms with Crippen molar-refractivity contribution in [3.05, 3.63) is 70.0 Å². The Balaban J connectivity index is 1.36. The fourth-order valence-electron chi connectivity index (χ4n) is 3.12. The summed E-state index contributed by atoms with van der Waals surface area (Å²) >= 11 is 0.993. The van der Waals surface area contributed by atoms with Crippen molar-refractivity contribution in [2.75, 3.05) is 19.8 Å². The molecule has 0 radical (unpaired) electrons. The topological polar surface area (TPSA) is 102 Å². The van der Waals surface area contributed by atoms with Crippen LogP contribution in [0, 0.1) is 13.8 Å². The summed E-state index contributed by atoms with van der Waals surface area (Å²) in [6, 6.07) is 10.3. The molecule has 8 nitrogen and oxygen atoms in total. The van der Waals surface area contributed by atoms with Crippen molar-refractivity contribution in [2.45, 2.75) is 32.9 Å². The summed E-state index contributed by atoms with van der Waals surface area (Å²) in [5.41, 5.74) is 6.36. The second-order valence-corrected chi connectivity index (χ2v) is 8.71. The molecule has 2 N–H and O–H groups in total. The van der Waals surface area contributed by atoms with E-state index in [1.807, 2.05) is 25.1 Å². The lowest BCUT2D eigenvalue weighted by atomic mass is 10.1. The van der Waals surface area contributed by atoms with E-state index < -0.39 is 23.7 Å². The molecule has 0 aliphatic carbocycles. The smallest absolute Gasteiger partial charge is 0.426 e. The molecule has 192 valence electrons. The van der Waals surface area contributed by atoms with Gasteiger partial charge in [0.25, 0.3) is 5.91 Å². The van der Waals surface area contributed by atoms with Crippen LogP contribution in [0.25, 0.3) is 10.6 Å². The van der Waals surface area contributed by atoms with Gasteiger partial charge < -0.3 is 9.47 Å². The fraction of sp³-hybridized carbons (Fsp3) is 0.333. The molecule has 0 saturated carbocycles. The average molecular weight is 523 g/mol. The number of hydrogen-bond acceptors (Lipinski definition) is 7. The van der Waals surface area contributed by atoms with E-state index >= 15 is 0 Å². The van der Waals surface area contributed by atoms with E-state index in [9.17, 15) is 22.8 Å². The fourth-order valence-corrected chi connectivity index (χ4v) is 4.09. The summed E-state index contributed by atoms with van der Waals surface area (Å²) in [5, 5.41) is 0.379. The Morgan fingerprint density at radius 2 is 1.72 bits per heavy atom. The molecule has 1 aromatic carbocycles. The normalized spacial score (nSPS) is 11.2. The van der Waals surface area contributed by atoms with Crippen LogP contribution in [0.15, 0.2) is 42.5 Å². The van der Waals surface area contributed by atoms with Crippen molar-refractivity contribution >= 4 is 23.3 Å². The molecular weight excluding hydrogens is 497 g/mol. The Bertz CT molecular complexity index is 1180. The Morgan fingerprint density at radius 3 is 2.42 bits per heavy atom. The highest BCUT2D eigenvalue weighted by Gasteiger charge is 2.30. The monoisotopic (exact) mass is 522 g/mol. The number of carbonyl (C=O) groups is 2. The van der Waals surface area contributed by atoms with E-state index in [2.05, 4.69) is 20.8 Å². The van der Waals surface area contributed by atoms with Crippen LogP contribution in [0.5, 0.6) is 0 Å². The molecule has 2 heterocycles. The zero-order chi connectivity index (χ0) is 26.1. The lowest BCUT2D eigenvalue weighted by Gasteiger charge is -2.08. The third-order valence-corrected chi connectivity index (χ3v) is 6.07. The summed E-state index contributed by atoms with van der Waals surface area (Å²) in [6.45, 7) is 4.21. The summed E-state index contributed by atoms with van der Waals surface area (Å²) in [5.74, 6) is -0.624.